The SMILES string of the molecule is CC(N)CCNc1ncncc1Cl. The lowest BCUT2D eigenvalue weighted by atomic mass is 10.2. The minimum Gasteiger partial charge on any atom is -0.369 e. The van der Waals surface area contributed by atoms with Gasteiger partial charge in [0.15, 0.2) is 0 Å². The number of nitrogens with two attached hydrogens (primary N) is 1. The minimum absolute atomic E-state index is 0.188. The van der Waals surface area contributed by atoms with Gasteiger partial charge in [-0.2, -0.15) is 0 Å². The molecule has 0 radical (unpaired) electrons. The predicted octanol–water partition coefficient (Wildman–Crippen LogP) is 1.28. The van der Waals surface area contributed by atoms with Crippen LogP contribution in [0, 0.1) is 0 Å². The molecular weight excluding hydrogens is 188 g/mol. The first-order valence-corrected chi connectivity index (χ1v) is 4.53. The Balaban J connectivity index is 2.41. The van der Waals surface area contributed by atoms with Crippen molar-refractivity contribution in [2.45, 2.75) is 19.4 Å². The van der Waals surface area contributed by atoms with Crippen LogP contribution in [-0.4, -0.2) is 22.6 Å². The molecule has 1 unspecified atom stereocenters. The molecule has 0 aliphatic heterocycles. The fraction of sp³-hybridized carbons (Fsp3) is 0.500. The number of nitrogens with zero attached hydrogens (tertiary/aromatic N) is 2. The quantitative estimate of drug-likeness (QED) is 0.769. The summed E-state index contributed by atoms with van der Waals surface area (Å²) in [6.45, 7) is 2.73. The summed E-state index contributed by atoms with van der Waals surface area (Å²) in [4.78, 5) is 7.76. The third kappa shape index (κ3) is 3.57. The molecule has 4 nitrogen and oxygen atoms in total. The lowest BCUT2D eigenvalue weighted by Gasteiger charge is -2.07. The smallest absolute Gasteiger partial charge is 0.148 e. The molecular formula is C8H13ClN4. The van der Waals surface area contributed by atoms with E-state index in [9.17, 15) is 0 Å². The average molecular weight is 201 g/mol. The van der Waals surface area contributed by atoms with Gasteiger partial charge in [0.1, 0.15) is 17.2 Å². The van der Waals surface area contributed by atoms with Gasteiger partial charge in [-0.3, -0.25) is 0 Å². The number of halogens is 1. The fourth-order valence-corrected chi connectivity index (χ4v) is 1.03. The molecule has 13 heavy (non-hydrogen) atoms. The molecule has 0 fully saturated rings. The van der Waals surface area contributed by atoms with Crippen molar-refractivity contribution in [3.05, 3.63) is 17.5 Å². The highest BCUT2D eigenvalue weighted by atomic mass is 35.5. The van der Waals surface area contributed by atoms with E-state index in [1.54, 1.807) is 6.20 Å². The minimum atomic E-state index is 0.188. The van der Waals surface area contributed by atoms with E-state index in [1.807, 2.05) is 6.92 Å². The van der Waals surface area contributed by atoms with Gasteiger partial charge in [0.25, 0.3) is 0 Å². The summed E-state index contributed by atoms with van der Waals surface area (Å²) in [7, 11) is 0. The zero-order chi connectivity index (χ0) is 9.68. The summed E-state index contributed by atoms with van der Waals surface area (Å²) in [6.07, 6.45) is 3.91. The maximum atomic E-state index is 5.82. The molecule has 1 rings (SSSR count). The number of nitrogens with one attached hydrogen (secondary N) is 1. The van der Waals surface area contributed by atoms with Gasteiger partial charge in [-0.15, -0.1) is 0 Å². The Bertz CT molecular complexity index is 264. The molecule has 5 heteroatoms. The van der Waals surface area contributed by atoms with E-state index in [4.69, 9.17) is 17.3 Å². The van der Waals surface area contributed by atoms with Crippen molar-refractivity contribution in [2.24, 2.45) is 5.73 Å². The average Bonchev–Trinajstić information content (AvgIpc) is 2.08. The van der Waals surface area contributed by atoms with Crippen molar-refractivity contribution in [1.29, 1.82) is 0 Å². The summed E-state index contributed by atoms with van der Waals surface area (Å²) < 4.78 is 0. The molecule has 1 aromatic heterocycles. The third-order valence-electron chi connectivity index (χ3n) is 1.56. The summed E-state index contributed by atoms with van der Waals surface area (Å²) in [5.74, 6) is 0.664. The van der Waals surface area contributed by atoms with Gasteiger partial charge in [-0.05, 0) is 13.3 Å². The number of hydrogen-bond acceptors (Lipinski definition) is 4. The van der Waals surface area contributed by atoms with Crippen LogP contribution in [0.25, 0.3) is 0 Å². The molecule has 0 amide bonds. The molecule has 1 heterocycles. The van der Waals surface area contributed by atoms with Gasteiger partial charge < -0.3 is 11.1 Å². The van der Waals surface area contributed by atoms with E-state index >= 15 is 0 Å². The molecule has 0 aliphatic carbocycles. The zero-order valence-electron chi connectivity index (χ0n) is 7.50. The van der Waals surface area contributed by atoms with E-state index < -0.39 is 0 Å². The van der Waals surface area contributed by atoms with Crippen LogP contribution < -0.4 is 11.1 Å². The van der Waals surface area contributed by atoms with E-state index in [2.05, 4.69) is 15.3 Å². The van der Waals surface area contributed by atoms with Crippen LogP contribution in [0.15, 0.2) is 12.5 Å². The molecule has 1 atom stereocenters. The van der Waals surface area contributed by atoms with Gasteiger partial charge in [-0.25, -0.2) is 9.97 Å². The van der Waals surface area contributed by atoms with Gasteiger partial charge in [0, 0.05) is 12.6 Å². The maximum absolute atomic E-state index is 5.82. The Hall–Kier alpha value is -0.870. The van der Waals surface area contributed by atoms with Crippen LogP contribution in [0.3, 0.4) is 0 Å². The predicted molar refractivity (Wildman–Crippen MR) is 53.8 cm³/mol. The molecule has 1 aromatic rings. The second-order valence-corrected chi connectivity index (χ2v) is 3.32. The van der Waals surface area contributed by atoms with E-state index in [-0.39, 0.29) is 6.04 Å². The Labute approximate surface area is 82.5 Å². The monoisotopic (exact) mass is 200 g/mol. The van der Waals surface area contributed by atoms with Gasteiger partial charge in [-0.1, -0.05) is 11.6 Å². The van der Waals surface area contributed by atoms with E-state index in [0.717, 1.165) is 13.0 Å². The van der Waals surface area contributed by atoms with Crippen molar-refractivity contribution in [3.8, 4) is 0 Å². The number of rotatable bonds is 4. The summed E-state index contributed by atoms with van der Waals surface area (Å²) in [5.41, 5.74) is 5.59. The van der Waals surface area contributed by atoms with Crippen LogP contribution >= 0.6 is 11.6 Å². The third-order valence-corrected chi connectivity index (χ3v) is 1.84. The van der Waals surface area contributed by atoms with Crippen LogP contribution in [0.2, 0.25) is 5.02 Å². The largest absolute Gasteiger partial charge is 0.369 e. The lowest BCUT2D eigenvalue weighted by molar-refractivity contribution is 0.689. The Kier molecular flexibility index (Phi) is 3.92. The molecule has 0 aromatic carbocycles. The van der Waals surface area contributed by atoms with E-state index in [0.29, 0.717) is 10.8 Å². The summed E-state index contributed by atoms with van der Waals surface area (Å²) >= 11 is 5.82. The number of hydrogen-bond donors (Lipinski definition) is 2. The Morgan fingerprint density at radius 2 is 2.46 bits per heavy atom. The zero-order valence-corrected chi connectivity index (χ0v) is 8.25. The molecule has 0 spiro atoms. The van der Waals surface area contributed by atoms with Crippen molar-refractivity contribution < 1.29 is 0 Å². The molecule has 0 saturated carbocycles. The van der Waals surface area contributed by atoms with Gasteiger partial charge in [0.05, 0.1) is 6.20 Å². The van der Waals surface area contributed by atoms with Crippen molar-refractivity contribution in [1.82, 2.24) is 9.97 Å². The van der Waals surface area contributed by atoms with Gasteiger partial charge >= 0.3 is 0 Å². The first-order chi connectivity index (χ1) is 6.20. The van der Waals surface area contributed by atoms with Gasteiger partial charge in [0.2, 0.25) is 0 Å². The molecule has 0 aliphatic rings. The van der Waals surface area contributed by atoms with Crippen molar-refractivity contribution in [3.63, 3.8) is 0 Å². The summed E-state index contributed by atoms with van der Waals surface area (Å²) in [5, 5.41) is 3.62. The Morgan fingerprint density at radius 3 is 3.08 bits per heavy atom. The highest BCUT2D eigenvalue weighted by molar-refractivity contribution is 6.32. The second kappa shape index (κ2) is 4.99. The normalized spacial score (nSPS) is 12.5. The summed E-state index contributed by atoms with van der Waals surface area (Å²) in [6, 6.07) is 0.188. The molecule has 3 N–H and O–H groups in total. The molecule has 72 valence electrons. The van der Waals surface area contributed by atoms with Crippen LogP contribution in [0.5, 0.6) is 0 Å². The number of aromatic nitrogens is 2. The van der Waals surface area contributed by atoms with Crippen LogP contribution in [-0.2, 0) is 0 Å². The van der Waals surface area contributed by atoms with Crippen LogP contribution in [0.1, 0.15) is 13.3 Å². The lowest BCUT2D eigenvalue weighted by Crippen LogP contribution is -2.19. The standard InChI is InChI=1S/C8H13ClN4/c1-6(10)2-3-12-8-7(9)4-11-5-13-8/h4-6H,2-3,10H2,1H3,(H,11,12,13). The second-order valence-electron chi connectivity index (χ2n) is 2.91. The van der Waals surface area contributed by atoms with E-state index in [1.165, 1.54) is 6.33 Å². The number of anilines is 1. The van der Waals surface area contributed by atoms with Crippen molar-refractivity contribution >= 4 is 17.4 Å². The first kappa shape index (κ1) is 10.2. The molecule has 0 saturated heterocycles. The maximum Gasteiger partial charge on any atom is 0.148 e. The van der Waals surface area contributed by atoms with Crippen molar-refractivity contribution in [2.75, 3.05) is 11.9 Å². The topological polar surface area (TPSA) is 63.8 Å². The molecule has 0 bridgehead atoms. The fourth-order valence-electron chi connectivity index (χ4n) is 0.861. The highest BCUT2D eigenvalue weighted by Gasteiger charge is 2.00. The first-order valence-electron chi connectivity index (χ1n) is 4.15. The Morgan fingerprint density at radius 1 is 1.69 bits per heavy atom. The highest BCUT2D eigenvalue weighted by Crippen LogP contribution is 2.15. The van der Waals surface area contributed by atoms with Crippen LogP contribution in [0.4, 0.5) is 5.82 Å².